The summed E-state index contributed by atoms with van der Waals surface area (Å²) in [7, 11) is 0. The lowest BCUT2D eigenvalue weighted by molar-refractivity contribution is 0.431. The third-order valence-corrected chi connectivity index (χ3v) is 4.28. The molecule has 1 aliphatic carbocycles. The maximum absolute atomic E-state index is 13.4. The first kappa shape index (κ1) is 14.2. The zero-order valence-electron chi connectivity index (χ0n) is 12.1. The fourth-order valence-corrected chi connectivity index (χ4v) is 3.17. The molecule has 0 fully saturated rings. The van der Waals surface area contributed by atoms with Crippen LogP contribution in [0.4, 0.5) is 8.78 Å². The van der Waals surface area contributed by atoms with Gasteiger partial charge in [-0.3, -0.25) is 0 Å². The summed E-state index contributed by atoms with van der Waals surface area (Å²) >= 11 is 0. The van der Waals surface area contributed by atoms with Gasteiger partial charge >= 0.3 is 0 Å². The molecule has 21 heavy (non-hydrogen) atoms. The molecule has 0 aliphatic heterocycles. The van der Waals surface area contributed by atoms with E-state index in [2.05, 4.69) is 29.6 Å². The van der Waals surface area contributed by atoms with Crippen LogP contribution >= 0.6 is 0 Å². The molecule has 2 aromatic carbocycles. The second-order valence-electron chi connectivity index (χ2n) is 5.62. The molecule has 0 spiro atoms. The Morgan fingerprint density at radius 3 is 2.67 bits per heavy atom. The first-order chi connectivity index (χ1) is 10.2. The lowest BCUT2D eigenvalue weighted by atomic mass is 9.74. The molecule has 2 atom stereocenters. The molecule has 0 aromatic heterocycles. The summed E-state index contributed by atoms with van der Waals surface area (Å²) in [4.78, 5) is 0. The highest BCUT2D eigenvalue weighted by Gasteiger charge is 2.28. The minimum absolute atomic E-state index is 0.0588. The maximum atomic E-state index is 13.4. The minimum atomic E-state index is -0.789. The molecule has 3 heteroatoms. The number of fused-ring (bicyclic) bond motifs is 1. The van der Waals surface area contributed by atoms with Crippen molar-refractivity contribution in [3.05, 3.63) is 70.8 Å². The van der Waals surface area contributed by atoms with E-state index in [4.69, 9.17) is 0 Å². The molecule has 3 rings (SSSR count). The smallest absolute Gasteiger partial charge is 0.159 e. The molecule has 1 aliphatic rings. The van der Waals surface area contributed by atoms with Gasteiger partial charge in [-0.1, -0.05) is 37.3 Å². The van der Waals surface area contributed by atoms with E-state index < -0.39 is 11.6 Å². The maximum Gasteiger partial charge on any atom is 0.159 e. The lowest BCUT2D eigenvalue weighted by Gasteiger charge is -2.33. The summed E-state index contributed by atoms with van der Waals surface area (Å²) in [6.45, 7) is 2.83. The molecule has 2 aromatic rings. The van der Waals surface area contributed by atoms with E-state index in [0.29, 0.717) is 5.92 Å². The first-order valence-corrected chi connectivity index (χ1v) is 7.45. The Morgan fingerprint density at radius 2 is 1.95 bits per heavy atom. The van der Waals surface area contributed by atoms with Crippen LogP contribution in [-0.2, 0) is 6.42 Å². The van der Waals surface area contributed by atoms with Crippen LogP contribution in [0.5, 0.6) is 0 Å². The van der Waals surface area contributed by atoms with Gasteiger partial charge in [0.15, 0.2) is 11.6 Å². The number of hydrogen-bond donors (Lipinski definition) is 1. The summed E-state index contributed by atoms with van der Waals surface area (Å²) in [5.41, 5.74) is 3.62. The predicted octanol–water partition coefficient (Wildman–Crippen LogP) is 4.35. The van der Waals surface area contributed by atoms with E-state index >= 15 is 0 Å². The highest BCUT2D eigenvalue weighted by atomic mass is 19.2. The van der Waals surface area contributed by atoms with Crippen LogP contribution in [0, 0.1) is 11.6 Å². The normalized spacial score (nSPS) is 18.0. The van der Waals surface area contributed by atoms with E-state index in [0.717, 1.165) is 24.9 Å². The van der Waals surface area contributed by atoms with Crippen molar-refractivity contribution < 1.29 is 8.78 Å². The second kappa shape index (κ2) is 5.94. The van der Waals surface area contributed by atoms with Crippen molar-refractivity contribution in [2.75, 3.05) is 6.54 Å². The molecule has 110 valence electrons. The van der Waals surface area contributed by atoms with Crippen molar-refractivity contribution in [2.24, 2.45) is 0 Å². The predicted molar refractivity (Wildman–Crippen MR) is 80.3 cm³/mol. The van der Waals surface area contributed by atoms with Crippen LogP contribution in [-0.4, -0.2) is 6.54 Å². The molecule has 1 N–H and O–H groups in total. The molecule has 2 unspecified atom stereocenters. The molecule has 0 radical (unpaired) electrons. The molecule has 0 heterocycles. The molecule has 1 nitrogen and oxygen atoms in total. The van der Waals surface area contributed by atoms with Crippen LogP contribution < -0.4 is 5.32 Å². The van der Waals surface area contributed by atoms with Gasteiger partial charge in [-0.15, -0.1) is 0 Å². The van der Waals surface area contributed by atoms with Gasteiger partial charge in [0.25, 0.3) is 0 Å². The van der Waals surface area contributed by atoms with Gasteiger partial charge in [0.2, 0.25) is 0 Å². The quantitative estimate of drug-likeness (QED) is 0.862. The summed E-state index contributed by atoms with van der Waals surface area (Å²) in [6.07, 6.45) is 1.98. The molecule has 0 bridgehead atoms. The topological polar surface area (TPSA) is 12.0 Å². The van der Waals surface area contributed by atoms with Gasteiger partial charge < -0.3 is 5.32 Å². The van der Waals surface area contributed by atoms with E-state index in [1.165, 1.54) is 23.3 Å². The van der Waals surface area contributed by atoms with E-state index in [9.17, 15) is 8.78 Å². The highest BCUT2D eigenvalue weighted by Crippen LogP contribution is 2.40. The Bertz CT molecular complexity index is 639. The Kier molecular flexibility index (Phi) is 4.02. The second-order valence-corrected chi connectivity index (χ2v) is 5.62. The Labute approximate surface area is 124 Å². The zero-order chi connectivity index (χ0) is 14.8. The third kappa shape index (κ3) is 2.84. The van der Waals surface area contributed by atoms with Crippen molar-refractivity contribution in [1.82, 2.24) is 5.32 Å². The van der Waals surface area contributed by atoms with Gasteiger partial charge in [-0.25, -0.2) is 8.78 Å². The third-order valence-electron chi connectivity index (χ3n) is 4.28. The molecule has 0 saturated carbocycles. The first-order valence-electron chi connectivity index (χ1n) is 7.45. The van der Waals surface area contributed by atoms with Crippen molar-refractivity contribution in [3.63, 3.8) is 0 Å². The van der Waals surface area contributed by atoms with Crippen molar-refractivity contribution >= 4 is 0 Å². The van der Waals surface area contributed by atoms with Crippen molar-refractivity contribution in [1.29, 1.82) is 0 Å². The molecular formula is C18H19F2N. The van der Waals surface area contributed by atoms with Crippen LogP contribution in [0.2, 0.25) is 0 Å². The monoisotopic (exact) mass is 287 g/mol. The zero-order valence-corrected chi connectivity index (χ0v) is 12.1. The SMILES string of the molecule is CCNC(CC1Cc2ccccc21)c1ccc(F)c(F)c1. The minimum Gasteiger partial charge on any atom is -0.310 e. The van der Waals surface area contributed by atoms with Crippen molar-refractivity contribution in [3.8, 4) is 0 Å². The number of hydrogen-bond acceptors (Lipinski definition) is 1. The number of nitrogens with one attached hydrogen (secondary N) is 1. The lowest BCUT2D eigenvalue weighted by Crippen LogP contribution is -2.27. The summed E-state index contributed by atoms with van der Waals surface area (Å²) in [5, 5.41) is 3.39. The number of benzene rings is 2. The highest BCUT2D eigenvalue weighted by molar-refractivity contribution is 5.40. The number of halogens is 2. The summed E-state index contributed by atoms with van der Waals surface area (Å²) in [6, 6.07) is 12.7. The summed E-state index contributed by atoms with van der Waals surface area (Å²) in [5.74, 6) is -1.06. The van der Waals surface area contributed by atoms with E-state index in [1.807, 2.05) is 6.92 Å². The average Bonchev–Trinajstić information content (AvgIpc) is 2.46. The van der Waals surface area contributed by atoms with Gasteiger partial charge in [-0.05, 0) is 54.1 Å². The molecule has 0 amide bonds. The van der Waals surface area contributed by atoms with Crippen LogP contribution in [0.3, 0.4) is 0 Å². The van der Waals surface area contributed by atoms with Gasteiger partial charge in [0, 0.05) is 6.04 Å². The van der Waals surface area contributed by atoms with Gasteiger partial charge in [0.05, 0.1) is 0 Å². The Hall–Kier alpha value is -1.74. The van der Waals surface area contributed by atoms with Gasteiger partial charge in [0.1, 0.15) is 0 Å². The van der Waals surface area contributed by atoms with Crippen LogP contribution in [0.15, 0.2) is 42.5 Å². The molecule has 0 saturated heterocycles. The fraction of sp³-hybridized carbons (Fsp3) is 0.333. The van der Waals surface area contributed by atoms with E-state index in [-0.39, 0.29) is 6.04 Å². The Morgan fingerprint density at radius 1 is 1.14 bits per heavy atom. The van der Waals surface area contributed by atoms with Crippen LogP contribution in [0.1, 0.15) is 42.0 Å². The van der Waals surface area contributed by atoms with Crippen LogP contribution in [0.25, 0.3) is 0 Å². The molecular weight excluding hydrogens is 268 g/mol. The summed E-state index contributed by atoms with van der Waals surface area (Å²) < 4.78 is 26.5. The van der Waals surface area contributed by atoms with Gasteiger partial charge in [-0.2, -0.15) is 0 Å². The van der Waals surface area contributed by atoms with E-state index in [1.54, 1.807) is 6.07 Å². The number of rotatable bonds is 5. The Balaban J connectivity index is 1.78. The standard InChI is InChI=1S/C18H19F2N/c1-2-21-18(13-7-8-16(19)17(20)10-13)11-14-9-12-5-3-4-6-15(12)14/h3-8,10,14,18,21H,2,9,11H2,1H3. The van der Waals surface area contributed by atoms with Crippen molar-refractivity contribution in [2.45, 2.75) is 31.7 Å². The largest absolute Gasteiger partial charge is 0.310 e. The average molecular weight is 287 g/mol. The fourth-order valence-electron chi connectivity index (χ4n) is 3.17.